The lowest BCUT2D eigenvalue weighted by atomic mass is 9.80. The van der Waals surface area contributed by atoms with Gasteiger partial charge in [-0.05, 0) is 112 Å². The van der Waals surface area contributed by atoms with E-state index in [0.717, 1.165) is 22.2 Å². The minimum Gasteiger partial charge on any atom is -0.247 e. The standard InChI is InChI=1S/C51H37N/c1-51(2,3)41-24-26-44-46(31-41)49(40-21-17-33-11-5-7-14-37(33)29-40)43-25-22-38(30-45(43)48(44)39-20-16-32-10-4-6-13-36(32)28-39)47-27-23-35-19-18-34-12-8-9-15-42(34)50(35)52-47/h4-31H,1-3H3. The Morgan fingerprint density at radius 2 is 0.846 bits per heavy atom. The van der Waals surface area contributed by atoms with Crippen molar-refractivity contribution in [1.82, 2.24) is 4.98 Å². The fourth-order valence-corrected chi connectivity index (χ4v) is 8.18. The van der Waals surface area contributed by atoms with Gasteiger partial charge in [0.1, 0.15) is 0 Å². The summed E-state index contributed by atoms with van der Waals surface area (Å²) in [5.74, 6) is 0. The van der Waals surface area contributed by atoms with Crippen molar-refractivity contribution in [3.63, 3.8) is 0 Å². The average molecular weight is 664 g/mol. The first-order chi connectivity index (χ1) is 25.4. The second-order valence-electron chi connectivity index (χ2n) is 15.2. The molecule has 1 aromatic heterocycles. The first-order valence-corrected chi connectivity index (χ1v) is 18.2. The first kappa shape index (κ1) is 30.5. The van der Waals surface area contributed by atoms with Gasteiger partial charge in [-0.2, -0.15) is 0 Å². The molecule has 0 aliphatic carbocycles. The van der Waals surface area contributed by atoms with Crippen molar-refractivity contribution in [2.75, 3.05) is 0 Å². The summed E-state index contributed by atoms with van der Waals surface area (Å²) >= 11 is 0. The molecule has 52 heavy (non-hydrogen) atoms. The third-order valence-electron chi connectivity index (χ3n) is 10.9. The minimum absolute atomic E-state index is 0.00268. The molecule has 0 atom stereocenters. The van der Waals surface area contributed by atoms with Crippen molar-refractivity contribution in [2.45, 2.75) is 26.2 Å². The number of aromatic nitrogens is 1. The van der Waals surface area contributed by atoms with Crippen LogP contribution in [-0.4, -0.2) is 4.98 Å². The summed E-state index contributed by atoms with van der Waals surface area (Å²) in [6.07, 6.45) is 0. The van der Waals surface area contributed by atoms with Crippen LogP contribution in [0.15, 0.2) is 170 Å². The number of hydrogen-bond donors (Lipinski definition) is 0. The quantitative estimate of drug-likeness (QED) is 0.135. The zero-order valence-corrected chi connectivity index (χ0v) is 29.6. The van der Waals surface area contributed by atoms with Gasteiger partial charge in [0.25, 0.3) is 0 Å². The zero-order chi connectivity index (χ0) is 35.0. The van der Waals surface area contributed by atoms with Crippen LogP contribution in [0.5, 0.6) is 0 Å². The van der Waals surface area contributed by atoms with Crippen LogP contribution in [0.3, 0.4) is 0 Å². The molecule has 0 aliphatic heterocycles. The normalized spacial score (nSPS) is 12.1. The van der Waals surface area contributed by atoms with Gasteiger partial charge in [-0.15, -0.1) is 0 Å². The van der Waals surface area contributed by atoms with Crippen LogP contribution < -0.4 is 0 Å². The number of pyridine rings is 1. The van der Waals surface area contributed by atoms with Gasteiger partial charge in [-0.3, -0.25) is 0 Å². The van der Waals surface area contributed by atoms with Gasteiger partial charge in [0.15, 0.2) is 0 Å². The Morgan fingerprint density at radius 1 is 0.346 bits per heavy atom. The number of benzene rings is 9. The highest BCUT2D eigenvalue weighted by atomic mass is 14.7. The molecule has 1 nitrogen and oxygen atoms in total. The molecule has 10 aromatic rings. The summed E-state index contributed by atoms with van der Waals surface area (Å²) in [5, 5.41) is 13.5. The number of hydrogen-bond acceptors (Lipinski definition) is 1. The molecule has 0 amide bonds. The highest BCUT2D eigenvalue weighted by Crippen LogP contribution is 2.47. The van der Waals surface area contributed by atoms with E-state index in [1.807, 2.05) is 0 Å². The van der Waals surface area contributed by atoms with Crippen LogP contribution >= 0.6 is 0 Å². The Labute approximate surface area is 303 Å². The predicted molar refractivity (Wildman–Crippen MR) is 224 cm³/mol. The lowest BCUT2D eigenvalue weighted by Crippen LogP contribution is -2.10. The second kappa shape index (κ2) is 11.6. The van der Waals surface area contributed by atoms with Crippen LogP contribution in [0.1, 0.15) is 26.3 Å². The number of rotatable bonds is 3. The van der Waals surface area contributed by atoms with Gasteiger partial charge in [0, 0.05) is 16.3 Å². The molecular weight excluding hydrogens is 627 g/mol. The molecule has 0 unspecified atom stereocenters. The Hall–Kier alpha value is -6.31. The number of fused-ring (bicyclic) bond motifs is 7. The van der Waals surface area contributed by atoms with E-state index >= 15 is 0 Å². The van der Waals surface area contributed by atoms with Crippen molar-refractivity contribution >= 4 is 64.8 Å². The van der Waals surface area contributed by atoms with Crippen LogP contribution in [0.2, 0.25) is 0 Å². The molecule has 10 rings (SSSR count). The summed E-state index contributed by atoms with van der Waals surface area (Å²) in [4.78, 5) is 5.34. The molecule has 0 aliphatic rings. The molecular formula is C51H37N. The fraction of sp³-hybridized carbons (Fsp3) is 0.0784. The maximum atomic E-state index is 5.34. The maximum absolute atomic E-state index is 5.34. The minimum atomic E-state index is 0.00268. The lowest BCUT2D eigenvalue weighted by molar-refractivity contribution is 0.591. The lowest BCUT2D eigenvalue weighted by Gasteiger charge is -2.23. The third-order valence-corrected chi connectivity index (χ3v) is 10.9. The third kappa shape index (κ3) is 4.96. The Bertz CT molecular complexity index is 3050. The first-order valence-electron chi connectivity index (χ1n) is 18.2. The van der Waals surface area contributed by atoms with Gasteiger partial charge in [0.2, 0.25) is 0 Å². The highest BCUT2D eigenvalue weighted by molar-refractivity contribution is 6.23. The second-order valence-corrected chi connectivity index (χ2v) is 15.2. The van der Waals surface area contributed by atoms with E-state index in [2.05, 4.69) is 191 Å². The van der Waals surface area contributed by atoms with Gasteiger partial charge >= 0.3 is 0 Å². The SMILES string of the molecule is CC(C)(C)c1ccc2c(-c3ccc4ccccc4c3)c3cc(-c4ccc5ccc6ccccc6c5n4)ccc3c(-c3ccc4ccccc4c3)c2c1. The summed E-state index contributed by atoms with van der Waals surface area (Å²) < 4.78 is 0. The maximum Gasteiger partial charge on any atom is 0.0787 e. The van der Waals surface area contributed by atoms with E-state index in [9.17, 15) is 0 Å². The van der Waals surface area contributed by atoms with Crippen molar-refractivity contribution in [3.05, 3.63) is 175 Å². The molecule has 0 saturated heterocycles. The molecule has 0 N–H and O–H groups in total. The van der Waals surface area contributed by atoms with E-state index in [1.165, 1.54) is 81.7 Å². The molecule has 0 spiro atoms. The Balaban J connectivity index is 1.33. The van der Waals surface area contributed by atoms with Crippen LogP contribution in [-0.2, 0) is 5.41 Å². The van der Waals surface area contributed by atoms with Crippen molar-refractivity contribution in [2.24, 2.45) is 0 Å². The summed E-state index contributed by atoms with van der Waals surface area (Å²) in [7, 11) is 0. The Kier molecular flexibility index (Phi) is 6.82. The van der Waals surface area contributed by atoms with Gasteiger partial charge in [-0.25, -0.2) is 4.98 Å². The Morgan fingerprint density at radius 3 is 1.50 bits per heavy atom. The van der Waals surface area contributed by atoms with Crippen LogP contribution in [0.4, 0.5) is 0 Å². The molecule has 1 heteroatoms. The highest BCUT2D eigenvalue weighted by Gasteiger charge is 2.21. The molecule has 246 valence electrons. The average Bonchev–Trinajstić information content (AvgIpc) is 3.18. The smallest absolute Gasteiger partial charge is 0.0787 e. The van der Waals surface area contributed by atoms with E-state index < -0.39 is 0 Å². The zero-order valence-electron chi connectivity index (χ0n) is 29.6. The molecule has 1 heterocycles. The molecule has 9 aromatic carbocycles. The van der Waals surface area contributed by atoms with Gasteiger partial charge in [-0.1, -0.05) is 160 Å². The van der Waals surface area contributed by atoms with E-state index in [1.54, 1.807) is 0 Å². The summed E-state index contributed by atoms with van der Waals surface area (Å²) in [5.41, 5.74) is 9.44. The summed E-state index contributed by atoms with van der Waals surface area (Å²) in [6.45, 7) is 6.92. The van der Waals surface area contributed by atoms with Crippen molar-refractivity contribution in [3.8, 4) is 33.5 Å². The topological polar surface area (TPSA) is 12.9 Å². The van der Waals surface area contributed by atoms with E-state index in [4.69, 9.17) is 4.98 Å². The van der Waals surface area contributed by atoms with Crippen LogP contribution in [0, 0.1) is 0 Å². The van der Waals surface area contributed by atoms with Gasteiger partial charge in [0.05, 0.1) is 11.2 Å². The molecule has 0 radical (unpaired) electrons. The van der Waals surface area contributed by atoms with Crippen molar-refractivity contribution < 1.29 is 0 Å². The summed E-state index contributed by atoms with van der Waals surface area (Å²) in [6, 6.07) is 62.7. The predicted octanol–water partition coefficient (Wildman–Crippen LogP) is 14.3. The van der Waals surface area contributed by atoms with E-state index in [0.29, 0.717) is 0 Å². The molecule has 0 saturated carbocycles. The molecule has 0 fully saturated rings. The van der Waals surface area contributed by atoms with Crippen LogP contribution in [0.25, 0.3) is 98.3 Å². The largest absolute Gasteiger partial charge is 0.247 e. The molecule has 0 bridgehead atoms. The van der Waals surface area contributed by atoms with Gasteiger partial charge < -0.3 is 0 Å². The number of nitrogens with zero attached hydrogens (tertiary/aromatic N) is 1. The van der Waals surface area contributed by atoms with E-state index in [-0.39, 0.29) is 5.41 Å². The van der Waals surface area contributed by atoms with Crippen molar-refractivity contribution in [1.29, 1.82) is 0 Å². The monoisotopic (exact) mass is 663 g/mol. The fourth-order valence-electron chi connectivity index (χ4n) is 8.18.